The quantitative estimate of drug-likeness (QED) is 0.712. The molecule has 2 N–H and O–H groups in total. The Bertz CT molecular complexity index is 1080. The summed E-state index contributed by atoms with van der Waals surface area (Å²) in [6.07, 6.45) is 3.64. The van der Waals surface area contributed by atoms with Gasteiger partial charge in [0.25, 0.3) is 5.91 Å². The average molecular weight is 392 g/mol. The molecule has 150 valence electrons. The van der Waals surface area contributed by atoms with E-state index in [-0.39, 0.29) is 11.5 Å². The third-order valence-corrected chi connectivity index (χ3v) is 5.31. The topological polar surface area (TPSA) is 89.2 Å². The van der Waals surface area contributed by atoms with Gasteiger partial charge in [0.05, 0.1) is 6.33 Å². The van der Waals surface area contributed by atoms with Crippen LogP contribution in [0.15, 0.2) is 51.9 Å². The highest BCUT2D eigenvalue weighted by molar-refractivity contribution is 6.06. The molecule has 29 heavy (non-hydrogen) atoms. The molecule has 0 saturated carbocycles. The second-order valence-corrected chi connectivity index (χ2v) is 7.41. The van der Waals surface area contributed by atoms with Gasteiger partial charge < -0.3 is 19.6 Å². The van der Waals surface area contributed by atoms with Crippen LogP contribution in [0, 0.1) is 6.92 Å². The Labute approximate surface area is 168 Å². The molecule has 1 aromatic carbocycles. The molecule has 4 rings (SSSR count). The molecule has 1 saturated heterocycles. The number of carbonyl (C=O) groups is 1. The van der Waals surface area contributed by atoms with Crippen LogP contribution >= 0.6 is 0 Å². The number of imidazole rings is 1. The fourth-order valence-electron chi connectivity index (χ4n) is 3.76. The molecule has 1 unspecified atom stereocenters. The zero-order valence-corrected chi connectivity index (χ0v) is 16.6. The summed E-state index contributed by atoms with van der Waals surface area (Å²) in [7, 11) is 1.80. The Balaban J connectivity index is 1.63. The van der Waals surface area contributed by atoms with E-state index in [1.54, 1.807) is 24.9 Å². The van der Waals surface area contributed by atoms with E-state index < -0.39 is 11.5 Å². The minimum Gasteiger partial charge on any atom is -0.427 e. The van der Waals surface area contributed by atoms with Crippen LogP contribution in [-0.4, -0.2) is 28.5 Å². The summed E-state index contributed by atoms with van der Waals surface area (Å²) in [6.45, 7) is 3.53. The number of anilines is 1. The number of carbonyl (C=O) groups excluding carboxylic acids is 1. The number of amides is 1. The average Bonchev–Trinajstić information content (AvgIpc) is 3.09. The van der Waals surface area contributed by atoms with E-state index >= 15 is 0 Å². The first-order valence-corrected chi connectivity index (χ1v) is 9.78. The highest BCUT2D eigenvalue weighted by atomic mass is 16.4. The largest absolute Gasteiger partial charge is 0.427 e. The monoisotopic (exact) mass is 392 g/mol. The molecular formula is C22H24N4O3. The molecule has 3 heterocycles. The molecule has 1 atom stereocenters. The smallest absolute Gasteiger partial charge is 0.349 e. The van der Waals surface area contributed by atoms with E-state index in [1.807, 2.05) is 36.4 Å². The van der Waals surface area contributed by atoms with Crippen molar-refractivity contribution in [1.29, 1.82) is 0 Å². The zero-order chi connectivity index (χ0) is 20.4. The van der Waals surface area contributed by atoms with Crippen molar-refractivity contribution >= 4 is 11.7 Å². The summed E-state index contributed by atoms with van der Waals surface area (Å²) in [5, 5.41) is 6.16. The van der Waals surface area contributed by atoms with Crippen molar-refractivity contribution in [2.75, 3.05) is 18.4 Å². The second kappa shape index (κ2) is 8.05. The van der Waals surface area contributed by atoms with Gasteiger partial charge in [-0.2, -0.15) is 0 Å². The van der Waals surface area contributed by atoms with Gasteiger partial charge in [-0.1, -0.05) is 30.3 Å². The number of nitrogens with one attached hydrogen (secondary N) is 2. The summed E-state index contributed by atoms with van der Waals surface area (Å²) in [4.78, 5) is 30.0. The first kappa shape index (κ1) is 19.1. The molecule has 7 heteroatoms. The Morgan fingerprint density at radius 1 is 1.31 bits per heavy atom. The van der Waals surface area contributed by atoms with Crippen LogP contribution in [-0.2, 0) is 7.05 Å². The summed E-state index contributed by atoms with van der Waals surface area (Å²) >= 11 is 0. The maximum Gasteiger partial charge on any atom is 0.349 e. The minimum atomic E-state index is -0.605. The third kappa shape index (κ3) is 3.86. The van der Waals surface area contributed by atoms with Gasteiger partial charge in [-0.05, 0) is 37.9 Å². The fourth-order valence-corrected chi connectivity index (χ4v) is 3.76. The Morgan fingerprint density at radius 3 is 2.79 bits per heavy atom. The molecule has 1 amide bonds. The van der Waals surface area contributed by atoms with Crippen LogP contribution in [0.25, 0.3) is 11.3 Å². The number of rotatable bonds is 4. The van der Waals surface area contributed by atoms with Gasteiger partial charge in [-0.25, -0.2) is 9.78 Å². The predicted octanol–water partition coefficient (Wildman–Crippen LogP) is 3.07. The van der Waals surface area contributed by atoms with Gasteiger partial charge in [-0.3, -0.25) is 4.79 Å². The summed E-state index contributed by atoms with van der Waals surface area (Å²) in [5.41, 5.74) is 1.56. The third-order valence-electron chi connectivity index (χ3n) is 5.31. The van der Waals surface area contributed by atoms with E-state index in [2.05, 4.69) is 15.6 Å². The molecule has 1 fully saturated rings. The van der Waals surface area contributed by atoms with Gasteiger partial charge in [0, 0.05) is 25.1 Å². The highest BCUT2D eigenvalue weighted by Gasteiger charge is 2.24. The lowest BCUT2D eigenvalue weighted by Gasteiger charge is -2.22. The number of hydrogen-bond acceptors (Lipinski definition) is 5. The molecule has 0 aliphatic carbocycles. The second-order valence-electron chi connectivity index (χ2n) is 7.41. The van der Waals surface area contributed by atoms with Gasteiger partial charge >= 0.3 is 5.63 Å². The van der Waals surface area contributed by atoms with E-state index in [0.717, 1.165) is 31.5 Å². The van der Waals surface area contributed by atoms with E-state index in [9.17, 15) is 9.59 Å². The van der Waals surface area contributed by atoms with Gasteiger partial charge in [0.2, 0.25) is 0 Å². The van der Waals surface area contributed by atoms with E-state index in [0.29, 0.717) is 22.8 Å². The molecule has 1 aliphatic rings. The van der Waals surface area contributed by atoms with Crippen molar-refractivity contribution in [3.8, 4) is 11.3 Å². The minimum absolute atomic E-state index is 0.0257. The lowest BCUT2D eigenvalue weighted by molar-refractivity contribution is 0.102. The normalized spacial score (nSPS) is 16.6. The Morgan fingerprint density at radius 2 is 2.10 bits per heavy atom. The number of aromatic nitrogens is 2. The van der Waals surface area contributed by atoms with Crippen LogP contribution in [0.1, 0.15) is 40.4 Å². The molecule has 0 spiro atoms. The first-order chi connectivity index (χ1) is 14.0. The number of benzene rings is 1. The lowest BCUT2D eigenvalue weighted by Crippen LogP contribution is -2.30. The standard InChI is InChI=1S/C22H24N4O3/c1-14-11-17(16-9-6-10-23-12-16)29-22(28)18(14)21(27)25-20-19(24-13-26(20)2)15-7-4-3-5-8-15/h3-5,7-8,11,13,16,23H,6,9-10,12H2,1-2H3,(H,25,27). The number of aryl methyl sites for hydroxylation is 2. The SMILES string of the molecule is Cc1cc(C2CCCNC2)oc(=O)c1C(=O)Nc1c(-c2ccccc2)ncn1C. The first-order valence-electron chi connectivity index (χ1n) is 9.78. The van der Waals surface area contributed by atoms with Crippen LogP contribution in [0.5, 0.6) is 0 Å². The maximum absolute atomic E-state index is 13.0. The summed E-state index contributed by atoms with van der Waals surface area (Å²) in [5.74, 6) is 0.835. The van der Waals surface area contributed by atoms with Crippen molar-refractivity contribution in [2.24, 2.45) is 7.05 Å². The van der Waals surface area contributed by atoms with Crippen molar-refractivity contribution < 1.29 is 9.21 Å². The molecule has 0 bridgehead atoms. The van der Waals surface area contributed by atoms with Gasteiger partial charge in [0.15, 0.2) is 0 Å². The number of hydrogen-bond donors (Lipinski definition) is 2. The number of nitrogens with zero attached hydrogens (tertiary/aromatic N) is 2. The van der Waals surface area contributed by atoms with E-state index in [4.69, 9.17) is 4.42 Å². The molecule has 2 aromatic heterocycles. The zero-order valence-electron chi connectivity index (χ0n) is 16.6. The summed E-state index contributed by atoms with van der Waals surface area (Å²) < 4.78 is 7.26. The van der Waals surface area contributed by atoms with Crippen molar-refractivity contribution in [3.63, 3.8) is 0 Å². The van der Waals surface area contributed by atoms with Crippen molar-refractivity contribution in [1.82, 2.24) is 14.9 Å². The Hall–Kier alpha value is -3.19. The predicted molar refractivity (Wildman–Crippen MR) is 111 cm³/mol. The van der Waals surface area contributed by atoms with Gasteiger partial charge in [-0.15, -0.1) is 0 Å². The number of piperidine rings is 1. The lowest BCUT2D eigenvalue weighted by atomic mass is 9.95. The molecule has 7 nitrogen and oxygen atoms in total. The van der Waals surface area contributed by atoms with Crippen molar-refractivity contribution in [2.45, 2.75) is 25.7 Å². The van der Waals surface area contributed by atoms with E-state index in [1.165, 1.54) is 0 Å². The molecule has 3 aromatic rings. The maximum atomic E-state index is 13.0. The van der Waals surface area contributed by atoms with Crippen LogP contribution in [0.2, 0.25) is 0 Å². The highest BCUT2D eigenvalue weighted by Crippen LogP contribution is 2.27. The van der Waals surface area contributed by atoms with Crippen molar-refractivity contribution in [3.05, 3.63) is 70.0 Å². The van der Waals surface area contributed by atoms with Crippen LogP contribution < -0.4 is 16.3 Å². The van der Waals surface area contributed by atoms with Crippen LogP contribution in [0.3, 0.4) is 0 Å². The van der Waals surface area contributed by atoms with Crippen LogP contribution in [0.4, 0.5) is 5.82 Å². The molecule has 1 aliphatic heterocycles. The molecular weight excluding hydrogens is 368 g/mol. The fraction of sp³-hybridized carbons (Fsp3) is 0.318. The molecule has 0 radical (unpaired) electrons. The Kier molecular flexibility index (Phi) is 5.31. The summed E-state index contributed by atoms with van der Waals surface area (Å²) in [6, 6.07) is 11.4. The van der Waals surface area contributed by atoms with Gasteiger partial charge in [0.1, 0.15) is 22.8 Å².